The summed E-state index contributed by atoms with van der Waals surface area (Å²) in [5.74, 6) is 0.623. The molecule has 7 heteroatoms. The molecule has 0 saturated carbocycles. The van der Waals surface area contributed by atoms with Crippen LogP contribution < -0.4 is 11.1 Å². The van der Waals surface area contributed by atoms with Gasteiger partial charge in [-0.2, -0.15) is 13.2 Å². The summed E-state index contributed by atoms with van der Waals surface area (Å²) >= 11 is 1.53. The van der Waals surface area contributed by atoms with Crippen molar-refractivity contribution in [2.75, 3.05) is 16.8 Å². The van der Waals surface area contributed by atoms with Crippen LogP contribution in [0.25, 0.3) is 0 Å². The highest BCUT2D eigenvalue weighted by atomic mass is 32.2. The van der Waals surface area contributed by atoms with Gasteiger partial charge >= 0.3 is 6.18 Å². The Morgan fingerprint density at radius 3 is 2.70 bits per heavy atom. The minimum atomic E-state index is -4.53. The van der Waals surface area contributed by atoms with Crippen LogP contribution in [0.4, 0.5) is 24.5 Å². The van der Waals surface area contributed by atoms with Gasteiger partial charge < -0.3 is 11.1 Å². The van der Waals surface area contributed by atoms with E-state index in [9.17, 15) is 18.0 Å². The van der Waals surface area contributed by atoms with Gasteiger partial charge in [-0.25, -0.2) is 0 Å². The van der Waals surface area contributed by atoms with Crippen LogP contribution in [0.3, 0.4) is 0 Å². The zero-order valence-corrected chi connectivity index (χ0v) is 11.7. The van der Waals surface area contributed by atoms with Gasteiger partial charge in [0, 0.05) is 11.4 Å². The number of rotatable bonds is 2. The summed E-state index contributed by atoms with van der Waals surface area (Å²) in [5, 5.41) is 2.55. The van der Waals surface area contributed by atoms with Gasteiger partial charge in [0.15, 0.2) is 0 Å². The van der Waals surface area contributed by atoms with Gasteiger partial charge in [-0.1, -0.05) is 0 Å². The molecule has 1 aromatic rings. The molecule has 0 radical (unpaired) electrons. The first-order valence-corrected chi connectivity index (χ1v) is 7.13. The van der Waals surface area contributed by atoms with Crippen molar-refractivity contribution in [1.29, 1.82) is 0 Å². The fourth-order valence-corrected chi connectivity index (χ4v) is 3.31. The first-order valence-electron chi connectivity index (χ1n) is 6.14. The lowest BCUT2D eigenvalue weighted by molar-refractivity contribution is -0.136. The highest BCUT2D eigenvalue weighted by Gasteiger charge is 2.38. The van der Waals surface area contributed by atoms with Gasteiger partial charge in [-0.15, -0.1) is 11.8 Å². The molecule has 1 aliphatic heterocycles. The molecular weight excluding hydrogens is 289 g/mol. The number of halogens is 3. The van der Waals surface area contributed by atoms with Crippen LogP contribution in [0, 0.1) is 0 Å². The zero-order valence-electron chi connectivity index (χ0n) is 10.9. The number of nitrogen functional groups attached to an aromatic ring is 1. The monoisotopic (exact) mass is 304 g/mol. The van der Waals surface area contributed by atoms with Crippen molar-refractivity contribution in [3.8, 4) is 0 Å². The van der Waals surface area contributed by atoms with Crippen molar-refractivity contribution in [1.82, 2.24) is 0 Å². The molecular formula is C13H15F3N2OS. The molecule has 1 saturated heterocycles. The van der Waals surface area contributed by atoms with Gasteiger partial charge in [0.05, 0.1) is 10.3 Å². The number of benzene rings is 1. The maximum absolute atomic E-state index is 12.7. The number of nitrogens with two attached hydrogens (primary N) is 1. The van der Waals surface area contributed by atoms with Crippen molar-refractivity contribution >= 4 is 29.0 Å². The average Bonchev–Trinajstić information content (AvgIpc) is 2.78. The number of nitrogens with one attached hydrogen (secondary N) is 1. The predicted octanol–water partition coefficient (Wildman–Crippen LogP) is 3.51. The van der Waals surface area contributed by atoms with Gasteiger partial charge in [-0.05, 0) is 43.7 Å². The van der Waals surface area contributed by atoms with Crippen LogP contribution in [-0.2, 0) is 11.0 Å². The molecule has 0 bridgehead atoms. The lowest BCUT2D eigenvalue weighted by Gasteiger charge is -2.22. The zero-order chi connectivity index (χ0) is 15.0. The summed E-state index contributed by atoms with van der Waals surface area (Å²) in [5.41, 5.74) is 4.15. The number of hydrogen-bond acceptors (Lipinski definition) is 3. The maximum atomic E-state index is 12.7. The molecule has 1 fully saturated rings. The van der Waals surface area contributed by atoms with E-state index >= 15 is 0 Å². The van der Waals surface area contributed by atoms with E-state index in [-0.39, 0.29) is 17.3 Å². The van der Waals surface area contributed by atoms with Gasteiger partial charge in [0.2, 0.25) is 5.91 Å². The Kier molecular flexibility index (Phi) is 3.90. The standard InChI is InChI=1S/C13H15F3N2OS/c1-12(5-2-6-20-12)11(19)18-8-3-4-10(17)9(7-8)13(14,15)16/h3-4,7H,2,5-6,17H2,1H3,(H,18,19). The van der Waals surface area contributed by atoms with Crippen LogP contribution >= 0.6 is 11.8 Å². The molecule has 1 aliphatic rings. The predicted molar refractivity (Wildman–Crippen MR) is 74.6 cm³/mol. The largest absolute Gasteiger partial charge is 0.418 e. The highest BCUT2D eigenvalue weighted by Crippen LogP contribution is 2.39. The number of hydrogen-bond donors (Lipinski definition) is 2. The van der Waals surface area contributed by atoms with Crippen LogP contribution in [0.1, 0.15) is 25.3 Å². The van der Waals surface area contributed by atoms with Crippen LogP contribution in [0.2, 0.25) is 0 Å². The van der Waals surface area contributed by atoms with E-state index in [1.165, 1.54) is 17.8 Å². The molecule has 1 unspecified atom stereocenters. The molecule has 20 heavy (non-hydrogen) atoms. The first kappa shape index (κ1) is 15.0. The van der Waals surface area contributed by atoms with Crippen LogP contribution in [-0.4, -0.2) is 16.4 Å². The molecule has 1 amide bonds. The second kappa shape index (κ2) is 5.20. The van der Waals surface area contributed by atoms with Crippen molar-refractivity contribution < 1.29 is 18.0 Å². The van der Waals surface area contributed by atoms with E-state index in [0.29, 0.717) is 0 Å². The van der Waals surface area contributed by atoms with E-state index in [0.717, 1.165) is 30.7 Å². The lowest BCUT2D eigenvalue weighted by Crippen LogP contribution is -2.34. The van der Waals surface area contributed by atoms with Crippen LogP contribution in [0.5, 0.6) is 0 Å². The van der Waals surface area contributed by atoms with E-state index in [1.54, 1.807) is 0 Å². The fourth-order valence-electron chi connectivity index (χ4n) is 2.10. The Bertz CT molecular complexity index is 525. The normalized spacial score (nSPS) is 22.8. The smallest absolute Gasteiger partial charge is 0.398 e. The van der Waals surface area contributed by atoms with E-state index < -0.39 is 16.5 Å². The Hall–Kier alpha value is -1.37. The second-order valence-electron chi connectivity index (χ2n) is 4.94. The molecule has 2 rings (SSSR count). The number of alkyl halides is 3. The third-order valence-electron chi connectivity index (χ3n) is 3.32. The second-order valence-corrected chi connectivity index (χ2v) is 6.53. The third kappa shape index (κ3) is 3.03. The highest BCUT2D eigenvalue weighted by molar-refractivity contribution is 8.01. The number of carbonyl (C=O) groups excluding carboxylic acids is 1. The van der Waals surface area contributed by atoms with Crippen molar-refractivity contribution in [3.05, 3.63) is 23.8 Å². The summed E-state index contributed by atoms with van der Waals surface area (Å²) in [6.45, 7) is 1.81. The molecule has 0 aliphatic carbocycles. The minimum Gasteiger partial charge on any atom is -0.398 e. The molecule has 110 valence electrons. The Morgan fingerprint density at radius 2 is 2.15 bits per heavy atom. The van der Waals surface area contributed by atoms with E-state index in [2.05, 4.69) is 5.32 Å². The number of thioether (sulfide) groups is 1. The summed E-state index contributed by atoms with van der Waals surface area (Å²) < 4.78 is 37.7. The minimum absolute atomic E-state index is 0.116. The molecule has 3 nitrogen and oxygen atoms in total. The molecule has 1 heterocycles. The molecule has 3 N–H and O–H groups in total. The summed E-state index contributed by atoms with van der Waals surface area (Å²) in [4.78, 5) is 12.1. The molecule has 0 aromatic heterocycles. The number of anilines is 2. The molecule has 1 aromatic carbocycles. The topological polar surface area (TPSA) is 55.1 Å². The van der Waals surface area contributed by atoms with Crippen molar-refractivity contribution in [2.45, 2.75) is 30.7 Å². The van der Waals surface area contributed by atoms with Gasteiger partial charge in [0.25, 0.3) is 0 Å². The average molecular weight is 304 g/mol. The summed E-state index contributed by atoms with van der Waals surface area (Å²) in [6, 6.07) is 3.41. The van der Waals surface area contributed by atoms with E-state index in [1.807, 2.05) is 6.92 Å². The summed E-state index contributed by atoms with van der Waals surface area (Å²) in [7, 11) is 0. The quantitative estimate of drug-likeness (QED) is 0.822. The SMILES string of the molecule is CC1(C(=O)Nc2ccc(N)c(C(F)(F)F)c2)CCCS1. The lowest BCUT2D eigenvalue weighted by atomic mass is 10.0. The van der Waals surface area contributed by atoms with Gasteiger partial charge in [-0.3, -0.25) is 4.79 Å². The Morgan fingerprint density at radius 1 is 1.45 bits per heavy atom. The summed E-state index contributed by atoms with van der Waals surface area (Å²) in [6.07, 6.45) is -2.87. The molecule has 1 atom stereocenters. The Labute approximate surface area is 119 Å². The number of amides is 1. The fraction of sp³-hybridized carbons (Fsp3) is 0.462. The van der Waals surface area contributed by atoms with E-state index in [4.69, 9.17) is 5.73 Å². The van der Waals surface area contributed by atoms with Gasteiger partial charge in [0.1, 0.15) is 0 Å². The third-order valence-corrected chi connectivity index (χ3v) is 4.84. The number of carbonyl (C=O) groups is 1. The van der Waals surface area contributed by atoms with Crippen LogP contribution in [0.15, 0.2) is 18.2 Å². The maximum Gasteiger partial charge on any atom is 0.418 e. The van der Waals surface area contributed by atoms with Crippen molar-refractivity contribution in [2.24, 2.45) is 0 Å². The first-order chi connectivity index (χ1) is 9.22. The van der Waals surface area contributed by atoms with Crippen molar-refractivity contribution in [3.63, 3.8) is 0 Å². The Balaban J connectivity index is 2.20. The molecule has 0 spiro atoms.